The molecular weight excluding hydrogens is 445 g/mol. The number of amides is 1. The second-order valence-corrected chi connectivity index (χ2v) is 8.88. The van der Waals surface area contributed by atoms with Crippen molar-refractivity contribution in [1.82, 2.24) is 20.2 Å². The molecule has 7 nitrogen and oxygen atoms in total. The number of rotatable bonds is 5. The van der Waals surface area contributed by atoms with E-state index in [-0.39, 0.29) is 34.9 Å². The third-order valence-corrected chi connectivity index (χ3v) is 5.86. The number of carbonyl (C=O) groups is 1. The first-order chi connectivity index (χ1) is 15.8. The SMILES string of the molecule is CC(C)NC(=O)Cn1c(-c2ccc(F)c(Cl)c2)nc2ccc(N3CCCNCC3)cc2c1=O. The molecule has 1 amide bonds. The second kappa shape index (κ2) is 9.89. The van der Waals surface area contributed by atoms with E-state index in [0.717, 1.165) is 38.3 Å². The Morgan fingerprint density at radius 3 is 2.79 bits per heavy atom. The van der Waals surface area contributed by atoms with Gasteiger partial charge in [-0.1, -0.05) is 11.6 Å². The molecule has 1 fully saturated rings. The zero-order valence-corrected chi connectivity index (χ0v) is 19.5. The van der Waals surface area contributed by atoms with Crippen LogP contribution in [0.3, 0.4) is 0 Å². The lowest BCUT2D eigenvalue weighted by Gasteiger charge is -2.23. The van der Waals surface area contributed by atoms with Crippen LogP contribution in [0, 0.1) is 5.82 Å². The summed E-state index contributed by atoms with van der Waals surface area (Å²) in [4.78, 5) is 33.1. The number of benzene rings is 2. The van der Waals surface area contributed by atoms with Gasteiger partial charge in [-0.2, -0.15) is 0 Å². The smallest absolute Gasteiger partial charge is 0.262 e. The van der Waals surface area contributed by atoms with Crippen LogP contribution in [0.15, 0.2) is 41.2 Å². The molecule has 0 radical (unpaired) electrons. The number of fused-ring (bicyclic) bond motifs is 1. The molecule has 1 saturated heterocycles. The van der Waals surface area contributed by atoms with Crippen molar-refractivity contribution < 1.29 is 9.18 Å². The minimum Gasteiger partial charge on any atom is -0.370 e. The van der Waals surface area contributed by atoms with E-state index >= 15 is 0 Å². The van der Waals surface area contributed by atoms with E-state index in [1.54, 1.807) is 0 Å². The molecule has 0 unspecified atom stereocenters. The molecule has 1 aliphatic heterocycles. The Kier molecular flexibility index (Phi) is 6.95. The molecule has 174 valence electrons. The van der Waals surface area contributed by atoms with Gasteiger partial charge in [0.25, 0.3) is 5.56 Å². The fourth-order valence-corrected chi connectivity index (χ4v) is 4.20. The number of nitrogens with zero attached hydrogens (tertiary/aromatic N) is 3. The molecule has 2 N–H and O–H groups in total. The van der Waals surface area contributed by atoms with Crippen molar-refractivity contribution in [3.05, 3.63) is 57.6 Å². The molecule has 0 aliphatic carbocycles. The summed E-state index contributed by atoms with van der Waals surface area (Å²) < 4.78 is 15.1. The minimum absolute atomic E-state index is 0.0754. The summed E-state index contributed by atoms with van der Waals surface area (Å²) in [6.07, 6.45) is 1.01. The number of hydrogen-bond acceptors (Lipinski definition) is 5. The van der Waals surface area contributed by atoms with Crippen molar-refractivity contribution in [3.8, 4) is 11.4 Å². The Bertz CT molecular complexity index is 1240. The topological polar surface area (TPSA) is 79.3 Å². The maximum atomic E-state index is 13.8. The Balaban J connectivity index is 1.85. The van der Waals surface area contributed by atoms with Crippen molar-refractivity contribution >= 4 is 34.1 Å². The lowest BCUT2D eigenvalue weighted by Crippen LogP contribution is -2.37. The monoisotopic (exact) mass is 471 g/mol. The van der Waals surface area contributed by atoms with Gasteiger partial charge < -0.3 is 15.5 Å². The highest BCUT2D eigenvalue weighted by molar-refractivity contribution is 6.31. The molecule has 0 atom stereocenters. The number of anilines is 1. The van der Waals surface area contributed by atoms with Gasteiger partial charge in [-0.05, 0) is 63.2 Å². The molecule has 4 rings (SSSR count). The number of halogens is 2. The van der Waals surface area contributed by atoms with Gasteiger partial charge in [0, 0.05) is 36.9 Å². The van der Waals surface area contributed by atoms with Crippen LogP contribution < -0.4 is 21.1 Å². The first-order valence-corrected chi connectivity index (χ1v) is 11.5. The first kappa shape index (κ1) is 23.2. The van der Waals surface area contributed by atoms with Crippen LogP contribution in [0.25, 0.3) is 22.3 Å². The van der Waals surface area contributed by atoms with Crippen molar-refractivity contribution in [2.75, 3.05) is 31.1 Å². The first-order valence-electron chi connectivity index (χ1n) is 11.1. The number of hydrogen-bond donors (Lipinski definition) is 2. The fraction of sp³-hybridized carbons (Fsp3) is 0.375. The highest BCUT2D eigenvalue weighted by Gasteiger charge is 2.18. The summed E-state index contributed by atoms with van der Waals surface area (Å²) in [5.41, 5.74) is 1.58. The van der Waals surface area contributed by atoms with Crippen LogP contribution in [0.2, 0.25) is 5.02 Å². The van der Waals surface area contributed by atoms with Gasteiger partial charge in [-0.3, -0.25) is 14.2 Å². The molecule has 3 aromatic rings. The average Bonchev–Trinajstić information content (AvgIpc) is 3.06. The van der Waals surface area contributed by atoms with Crippen molar-refractivity contribution in [2.45, 2.75) is 32.9 Å². The molecule has 0 bridgehead atoms. The predicted octanol–water partition coefficient (Wildman–Crippen LogP) is 3.18. The van der Waals surface area contributed by atoms with Crippen molar-refractivity contribution in [3.63, 3.8) is 0 Å². The lowest BCUT2D eigenvalue weighted by molar-refractivity contribution is -0.122. The zero-order chi connectivity index (χ0) is 23.5. The number of carbonyl (C=O) groups excluding carboxylic acids is 1. The van der Waals surface area contributed by atoms with E-state index in [0.29, 0.717) is 16.5 Å². The van der Waals surface area contributed by atoms with Gasteiger partial charge >= 0.3 is 0 Å². The predicted molar refractivity (Wildman–Crippen MR) is 129 cm³/mol. The van der Waals surface area contributed by atoms with Crippen LogP contribution in [-0.4, -0.2) is 47.7 Å². The minimum atomic E-state index is -0.566. The quantitative estimate of drug-likeness (QED) is 0.597. The third-order valence-electron chi connectivity index (χ3n) is 5.57. The van der Waals surface area contributed by atoms with Crippen LogP contribution in [0.4, 0.5) is 10.1 Å². The Hall–Kier alpha value is -2.97. The van der Waals surface area contributed by atoms with E-state index in [1.165, 1.54) is 22.8 Å². The Morgan fingerprint density at radius 1 is 1.21 bits per heavy atom. The van der Waals surface area contributed by atoms with Gasteiger partial charge in [-0.25, -0.2) is 9.37 Å². The molecule has 33 heavy (non-hydrogen) atoms. The lowest BCUT2D eigenvalue weighted by atomic mass is 10.1. The third kappa shape index (κ3) is 5.17. The van der Waals surface area contributed by atoms with Crippen LogP contribution in [0.5, 0.6) is 0 Å². The number of nitrogens with one attached hydrogen (secondary N) is 2. The van der Waals surface area contributed by atoms with Crippen molar-refractivity contribution in [1.29, 1.82) is 0 Å². The van der Waals surface area contributed by atoms with E-state index in [2.05, 4.69) is 20.5 Å². The van der Waals surface area contributed by atoms with E-state index in [9.17, 15) is 14.0 Å². The highest BCUT2D eigenvalue weighted by Crippen LogP contribution is 2.26. The molecule has 0 saturated carbocycles. The average molecular weight is 472 g/mol. The van der Waals surface area contributed by atoms with Crippen LogP contribution >= 0.6 is 11.6 Å². The maximum Gasteiger partial charge on any atom is 0.262 e. The second-order valence-electron chi connectivity index (χ2n) is 8.47. The Morgan fingerprint density at radius 2 is 2.03 bits per heavy atom. The van der Waals surface area contributed by atoms with Gasteiger partial charge in [0.05, 0.1) is 15.9 Å². The number of aromatic nitrogens is 2. The van der Waals surface area contributed by atoms with Gasteiger partial charge in [0.1, 0.15) is 18.2 Å². The van der Waals surface area contributed by atoms with Crippen LogP contribution in [0.1, 0.15) is 20.3 Å². The van der Waals surface area contributed by atoms with E-state index in [1.807, 2.05) is 32.0 Å². The standard InChI is InChI=1S/C24H27ClFN5O2/c1-15(2)28-22(32)14-31-23(16-4-6-20(26)19(25)12-16)29-21-7-5-17(13-18(21)24(31)33)30-10-3-8-27-9-11-30/h4-7,12-13,15,27H,3,8-11,14H2,1-2H3,(H,28,32). The summed E-state index contributed by atoms with van der Waals surface area (Å²) in [6.45, 7) is 7.07. The fourth-order valence-electron chi connectivity index (χ4n) is 4.02. The molecule has 1 aliphatic rings. The maximum absolute atomic E-state index is 13.8. The summed E-state index contributed by atoms with van der Waals surface area (Å²) in [7, 11) is 0. The zero-order valence-electron chi connectivity index (χ0n) is 18.7. The molecule has 2 aromatic carbocycles. The van der Waals surface area contributed by atoms with Gasteiger partial charge in [0.15, 0.2) is 0 Å². The Labute approximate surface area is 196 Å². The van der Waals surface area contributed by atoms with Crippen LogP contribution in [-0.2, 0) is 11.3 Å². The summed E-state index contributed by atoms with van der Waals surface area (Å²) in [6, 6.07) is 9.68. The summed E-state index contributed by atoms with van der Waals surface area (Å²) in [5.74, 6) is -0.610. The molecule has 9 heteroatoms. The van der Waals surface area contributed by atoms with E-state index < -0.39 is 5.82 Å². The molecule has 1 aromatic heterocycles. The molecule has 2 heterocycles. The summed E-state index contributed by atoms with van der Waals surface area (Å²) >= 11 is 5.99. The van der Waals surface area contributed by atoms with Crippen molar-refractivity contribution in [2.24, 2.45) is 0 Å². The largest absolute Gasteiger partial charge is 0.370 e. The summed E-state index contributed by atoms with van der Waals surface area (Å²) in [5, 5.41) is 6.53. The highest BCUT2D eigenvalue weighted by atomic mass is 35.5. The van der Waals surface area contributed by atoms with Gasteiger partial charge in [-0.15, -0.1) is 0 Å². The molecular formula is C24H27ClFN5O2. The normalized spacial score (nSPS) is 14.5. The van der Waals surface area contributed by atoms with E-state index in [4.69, 9.17) is 11.6 Å². The molecule has 0 spiro atoms. The van der Waals surface area contributed by atoms with Gasteiger partial charge in [0.2, 0.25) is 5.91 Å².